The molecule has 4 heteroatoms. The van der Waals surface area contributed by atoms with Gasteiger partial charge in [0, 0.05) is 11.1 Å². The first kappa shape index (κ1) is 10.3. The van der Waals surface area contributed by atoms with Gasteiger partial charge >= 0.3 is 0 Å². The van der Waals surface area contributed by atoms with Crippen LogP contribution in [0.3, 0.4) is 0 Å². The van der Waals surface area contributed by atoms with Crippen molar-refractivity contribution in [1.29, 1.82) is 0 Å². The van der Waals surface area contributed by atoms with Crippen LogP contribution in [-0.4, -0.2) is 13.7 Å². The van der Waals surface area contributed by atoms with Crippen LogP contribution in [0.5, 0.6) is 0 Å². The molecule has 1 atom stereocenters. The van der Waals surface area contributed by atoms with E-state index in [0.29, 0.717) is 10.6 Å². The standard InChI is InChI=1S/C9H13NO2S/c1-2-3-5-8-9(13(11)12)6-4-7-10-8/h4,6-7H,2-3,5H2,1H3,(H,11,12)/p-1. The van der Waals surface area contributed by atoms with Gasteiger partial charge in [-0.2, -0.15) is 0 Å². The fourth-order valence-corrected chi connectivity index (χ4v) is 1.64. The number of rotatable bonds is 4. The predicted octanol–water partition coefficient (Wildman–Crippen LogP) is 1.66. The minimum Gasteiger partial charge on any atom is -0.768 e. The van der Waals surface area contributed by atoms with E-state index in [1.807, 2.05) is 0 Å². The predicted molar refractivity (Wildman–Crippen MR) is 50.0 cm³/mol. The van der Waals surface area contributed by atoms with Crippen molar-refractivity contribution < 1.29 is 8.76 Å². The Morgan fingerprint density at radius 1 is 1.62 bits per heavy atom. The molecule has 13 heavy (non-hydrogen) atoms. The highest BCUT2D eigenvalue weighted by molar-refractivity contribution is 7.79. The summed E-state index contributed by atoms with van der Waals surface area (Å²) in [7, 11) is 0. The fraction of sp³-hybridized carbons (Fsp3) is 0.444. The van der Waals surface area contributed by atoms with E-state index < -0.39 is 11.1 Å². The molecule has 0 saturated heterocycles. The van der Waals surface area contributed by atoms with Crippen molar-refractivity contribution >= 4 is 11.1 Å². The largest absolute Gasteiger partial charge is 0.768 e. The second-order valence-corrected chi connectivity index (χ2v) is 3.70. The first-order valence-corrected chi connectivity index (χ1v) is 5.36. The summed E-state index contributed by atoms with van der Waals surface area (Å²) in [5, 5.41) is 0. The Labute approximate surface area is 80.5 Å². The van der Waals surface area contributed by atoms with Gasteiger partial charge in [-0.15, -0.1) is 0 Å². The molecule has 0 aliphatic rings. The second kappa shape index (κ2) is 5.09. The van der Waals surface area contributed by atoms with Gasteiger partial charge < -0.3 is 4.55 Å². The van der Waals surface area contributed by atoms with Crippen molar-refractivity contribution in [3.05, 3.63) is 24.0 Å². The Kier molecular flexibility index (Phi) is 4.05. The van der Waals surface area contributed by atoms with Crippen LogP contribution >= 0.6 is 0 Å². The van der Waals surface area contributed by atoms with Gasteiger partial charge in [0.2, 0.25) is 0 Å². The molecule has 1 aromatic rings. The normalized spacial score (nSPS) is 12.8. The van der Waals surface area contributed by atoms with E-state index in [0.717, 1.165) is 19.3 Å². The first-order chi connectivity index (χ1) is 6.25. The molecular weight excluding hydrogens is 186 g/mol. The third-order valence-electron chi connectivity index (χ3n) is 1.80. The number of aromatic nitrogens is 1. The lowest BCUT2D eigenvalue weighted by molar-refractivity contribution is 0.535. The molecule has 72 valence electrons. The SMILES string of the molecule is CCCCc1ncccc1S(=O)[O-]. The van der Waals surface area contributed by atoms with Crippen LogP contribution in [0.1, 0.15) is 25.5 Å². The lowest BCUT2D eigenvalue weighted by atomic mass is 10.2. The zero-order chi connectivity index (χ0) is 9.68. The Morgan fingerprint density at radius 2 is 2.38 bits per heavy atom. The van der Waals surface area contributed by atoms with Gasteiger partial charge in [0.15, 0.2) is 0 Å². The third kappa shape index (κ3) is 2.90. The van der Waals surface area contributed by atoms with Crippen molar-refractivity contribution in [2.45, 2.75) is 31.1 Å². The smallest absolute Gasteiger partial charge is 0.0553 e. The molecule has 0 aliphatic heterocycles. The van der Waals surface area contributed by atoms with Crippen molar-refractivity contribution in [2.75, 3.05) is 0 Å². The fourth-order valence-electron chi connectivity index (χ4n) is 1.11. The third-order valence-corrected chi connectivity index (χ3v) is 2.53. The van der Waals surface area contributed by atoms with Crippen LogP contribution in [0.2, 0.25) is 0 Å². The number of pyridine rings is 1. The van der Waals surface area contributed by atoms with Crippen LogP contribution in [0.25, 0.3) is 0 Å². The number of nitrogens with zero attached hydrogens (tertiary/aromatic N) is 1. The molecule has 1 rings (SSSR count). The van der Waals surface area contributed by atoms with E-state index in [1.54, 1.807) is 18.3 Å². The van der Waals surface area contributed by atoms with Gasteiger partial charge in [-0.1, -0.05) is 13.3 Å². The van der Waals surface area contributed by atoms with Gasteiger partial charge in [-0.3, -0.25) is 9.19 Å². The second-order valence-electron chi connectivity index (χ2n) is 2.79. The Hall–Kier alpha value is -0.740. The average Bonchev–Trinajstić information content (AvgIpc) is 2.15. The van der Waals surface area contributed by atoms with Crippen LogP contribution < -0.4 is 0 Å². The minimum absolute atomic E-state index is 0.330. The summed E-state index contributed by atoms with van der Waals surface area (Å²) in [6.45, 7) is 2.07. The topological polar surface area (TPSA) is 53.0 Å². The van der Waals surface area contributed by atoms with Gasteiger partial charge in [-0.25, -0.2) is 0 Å². The van der Waals surface area contributed by atoms with Gasteiger partial charge in [0.05, 0.1) is 5.69 Å². The Balaban J connectivity index is 2.84. The van der Waals surface area contributed by atoms with Gasteiger partial charge in [0.1, 0.15) is 0 Å². The molecule has 1 aromatic heterocycles. The summed E-state index contributed by atoms with van der Waals surface area (Å²) < 4.78 is 21.5. The monoisotopic (exact) mass is 198 g/mol. The molecule has 3 nitrogen and oxygen atoms in total. The quantitative estimate of drug-likeness (QED) is 0.691. The molecule has 0 aromatic carbocycles. The molecule has 0 saturated carbocycles. The summed E-state index contributed by atoms with van der Waals surface area (Å²) in [6.07, 6.45) is 4.38. The van der Waals surface area contributed by atoms with Gasteiger partial charge in [-0.05, 0) is 36.1 Å². The molecule has 1 unspecified atom stereocenters. The van der Waals surface area contributed by atoms with Crippen LogP contribution in [0.4, 0.5) is 0 Å². The Morgan fingerprint density at radius 3 is 3.00 bits per heavy atom. The summed E-state index contributed by atoms with van der Waals surface area (Å²) >= 11 is -2.16. The highest BCUT2D eigenvalue weighted by atomic mass is 32.2. The summed E-state index contributed by atoms with van der Waals surface area (Å²) in [6, 6.07) is 3.22. The number of unbranched alkanes of at least 4 members (excludes halogenated alkanes) is 1. The number of hydrogen-bond acceptors (Lipinski definition) is 3. The summed E-state index contributed by atoms with van der Waals surface area (Å²) in [5.41, 5.74) is 0.678. The molecule has 0 spiro atoms. The van der Waals surface area contributed by atoms with Crippen LogP contribution in [0, 0.1) is 0 Å². The van der Waals surface area contributed by atoms with Crippen molar-refractivity contribution in [3.63, 3.8) is 0 Å². The van der Waals surface area contributed by atoms with Crippen molar-refractivity contribution in [1.82, 2.24) is 4.98 Å². The number of hydrogen-bond donors (Lipinski definition) is 0. The maximum absolute atomic E-state index is 10.7. The van der Waals surface area contributed by atoms with E-state index >= 15 is 0 Å². The van der Waals surface area contributed by atoms with E-state index in [2.05, 4.69) is 11.9 Å². The summed E-state index contributed by atoms with van der Waals surface area (Å²) in [4.78, 5) is 4.37. The maximum atomic E-state index is 10.7. The molecule has 0 fully saturated rings. The summed E-state index contributed by atoms with van der Waals surface area (Å²) in [5.74, 6) is 0. The van der Waals surface area contributed by atoms with E-state index in [1.165, 1.54) is 0 Å². The highest BCUT2D eigenvalue weighted by Gasteiger charge is 2.02. The average molecular weight is 198 g/mol. The van der Waals surface area contributed by atoms with Crippen LogP contribution in [-0.2, 0) is 17.5 Å². The Bertz CT molecular complexity index is 301. The lowest BCUT2D eigenvalue weighted by Crippen LogP contribution is -1.99. The molecule has 0 N–H and O–H groups in total. The van der Waals surface area contributed by atoms with Crippen molar-refractivity contribution in [2.24, 2.45) is 0 Å². The zero-order valence-corrected chi connectivity index (χ0v) is 8.34. The zero-order valence-electron chi connectivity index (χ0n) is 7.53. The number of aryl methyl sites for hydroxylation is 1. The first-order valence-electron chi connectivity index (χ1n) is 4.29. The molecule has 0 bridgehead atoms. The van der Waals surface area contributed by atoms with E-state index in [4.69, 9.17) is 0 Å². The molecule has 0 radical (unpaired) electrons. The van der Waals surface area contributed by atoms with Crippen LogP contribution in [0.15, 0.2) is 23.2 Å². The van der Waals surface area contributed by atoms with Crippen molar-refractivity contribution in [3.8, 4) is 0 Å². The molecule has 0 amide bonds. The van der Waals surface area contributed by atoms with E-state index in [9.17, 15) is 8.76 Å². The molecular formula is C9H12NO2S-. The lowest BCUT2D eigenvalue weighted by Gasteiger charge is -2.09. The molecule has 0 aliphatic carbocycles. The molecule has 1 heterocycles. The minimum atomic E-state index is -2.16. The highest BCUT2D eigenvalue weighted by Crippen LogP contribution is 2.11. The van der Waals surface area contributed by atoms with E-state index in [-0.39, 0.29) is 0 Å². The maximum Gasteiger partial charge on any atom is 0.0553 e. The van der Waals surface area contributed by atoms with Gasteiger partial charge in [0.25, 0.3) is 0 Å².